The SMILES string of the molecule is Cc1ccnc(Cc2nc3c(s2)CC(C)(C)C(=O)c2[nH]ncc2-3)n1. The van der Waals surface area contributed by atoms with Crippen molar-refractivity contribution in [3.05, 3.63) is 45.6 Å². The maximum absolute atomic E-state index is 12.7. The summed E-state index contributed by atoms with van der Waals surface area (Å²) in [4.78, 5) is 27.4. The number of H-pyrrole nitrogens is 1. The van der Waals surface area contributed by atoms with E-state index in [0.29, 0.717) is 18.5 Å². The molecule has 6 nitrogen and oxygen atoms in total. The molecule has 0 aliphatic heterocycles. The second-order valence-corrected chi connectivity index (χ2v) is 7.89. The lowest BCUT2D eigenvalue weighted by Crippen LogP contribution is -2.26. The Kier molecular flexibility index (Phi) is 3.35. The average Bonchev–Trinajstić information content (AvgIpc) is 3.11. The lowest BCUT2D eigenvalue weighted by molar-refractivity contribution is 0.0836. The molecule has 3 heterocycles. The molecule has 0 atom stereocenters. The molecule has 122 valence electrons. The van der Waals surface area contributed by atoms with Crippen LogP contribution in [-0.4, -0.2) is 30.9 Å². The molecule has 0 aromatic carbocycles. The number of hydrogen-bond donors (Lipinski definition) is 1. The van der Waals surface area contributed by atoms with Gasteiger partial charge in [0, 0.05) is 22.2 Å². The molecule has 0 saturated heterocycles. The van der Waals surface area contributed by atoms with Crippen molar-refractivity contribution in [2.75, 3.05) is 0 Å². The zero-order valence-electron chi connectivity index (χ0n) is 13.8. The van der Waals surface area contributed by atoms with Crippen LogP contribution in [-0.2, 0) is 12.8 Å². The number of Topliss-reactive ketones (excluding diaryl/α,β-unsaturated/α-hetero) is 1. The molecular formula is C17H17N5OS. The van der Waals surface area contributed by atoms with E-state index in [1.807, 2.05) is 26.8 Å². The first-order valence-corrected chi connectivity index (χ1v) is 8.61. The van der Waals surface area contributed by atoms with Crippen LogP contribution in [0.25, 0.3) is 11.3 Å². The van der Waals surface area contributed by atoms with Gasteiger partial charge in [0.25, 0.3) is 0 Å². The van der Waals surface area contributed by atoms with Gasteiger partial charge in [0.15, 0.2) is 5.78 Å². The second-order valence-electron chi connectivity index (χ2n) is 6.72. The van der Waals surface area contributed by atoms with E-state index >= 15 is 0 Å². The van der Waals surface area contributed by atoms with Crippen molar-refractivity contribution in [1.82, 2.24) is 25.1 Å². The van der Waals surface area contributed by atoms with Crippen LogP contribution in [0.3, 0.4) is 0 Å². The van der Waals surface area contributed by atoms with Crippen molar-refractivity contribution in [1.29, 1.82) is 0 Å². The van der Waals surface area contributed by atoms with Gasteiger partial charge in [-0.25, -0.2) is 15.0 Å². The highest BCUT2D eigenvalue weighted by Gasteiger charge is 2.37. The van der Waals surface area contributed by atoms with Crippen LogP contribution in [0.5, 0.6) is 0 Å². The molecule has 0 radical (unpaired) electrons. The van der Waals surface area contributed by atoms with E-state index in [1.54, 1.807) is 23.7 Å². The maximum Gasteiger partial charge on any atom is 0.187 e. The largest absolute Gasteiger partial charge is 0.292 e. The summed E-state index contributed by atoms with van der Waals surface area (Å²) in [6, 6.07) is 1.88. The van der Waals surface area contributed by atoms with E-state index in [-0.39, 0.29) is 5.78 Å². The van der Waals surface area contributed by atoms with Crippen LogP contribution in [0, 0.1) is 12.3 Å². The molecule has 0 saturated carbocycles. The molecule has 0 unspecified atom stereocenters. The van der Waals surface area contributed by atoms with E-state index < -0.39 is 5.41 Å². The van der Waals surface area contributed by atoms with Gasteiger partial charge in [0.1, 0.15) is 16.5 Å². The fraction of sp³-hybridized carbons (Fsp3) is 0.353. The van der Waals surface area contributed by atoms with E-state index in [0.717, 1.165) is 32.7 Å². The lowest BCUT2D eigenvalue weighted by Gasteiger charge is -2.19. The Morgan fingerprint density at radius 1 is 1.33 bits per heavy atom. The number of hydrogen-bond acceptors (Lipinski definition) is 6. The number of fused-ring (bicyclic) bond motifs is 3. The molecule has 1 aliphatic rings. The number of thiazole rings is 1. The average molecular weight is 339 g/mol. The molecule has 0 fully saturated rings. The highest BCUT2D eigenvalue weighted by molar-refractivity contribution is 7.12. The van der Waals surface area contributed by atoms with Crippen molar-refractivity contribution < 1.29 is 4.79 Å². The fourth-order valence-corrected chi connectivity index (χ4v) is 4.29. The Balaban J connectivity index is 1.78. The van der Waals surface area contributed by atoms with Crippen molar-refractivity contribution in [2.24, 2.45) is 5.41 Å². The molecule has 0 spiro atoms. The second kappa shape index (κ2) is 5.31. The molecular weight excluding hydrogens is 322 g/mol. The molecule has 3 aromatic rings. The van der Waals surface area contributed by atoms with Crippen LogP contribution >= 0.6 is 11.3 Å². The number of nitrogens with one attached hydrogen (secondary N) is 1. The number of nitrogens with zero attached hydrogens (tertiary/aromatic N) is 4. The van der Waals surface area contributed by atoms with E-state index in [2.05, 4.69) is 20.2 Å². The summed E-state index contributed by atoms with van der Waals surface area (Å²) < 4.78 is 0. The van der Waals surface area contributed by atoms with Crippen LogP contribution < -0.4 is 0 Å². The van der Waals surface area contributed by atoms with Gasteiger partial charge in [0.2, 0.25) is 0 Å². The maximum atomic E-state index is 12.7. The first kappa shape index (κ1) is 15.1. The molecule has 0 bridgehead atoms. The molecule has 4 rings (SSSR count). The first-order chi connectivity index (χ1) is 11.4. The number of aromatic nitrogens is 5. The number of aryl methyl sites for hydroxylation is 1. The summed E-state index contributed by atoms with van der Waals surface area (Å²) in [6.45, 7) is 5.89. The van der Waals surface area contributed by atoms with E-state index in [1.165, 1.54) is 0 Å². The topological polar surface area (TPSA) is 84.4 Å². The highest BCUT2D eigenvalue weighted by Crippen LogP contribution is 2.41. The standard InChI is InChI=1S/C17H17N5OS/c1-9-4-5-18-12(20-9)6-13-21-14-10-8-19-22-15(10)16(23)17(2,3)7-11(14)24-13/h4-5,8H,6-7H2,1-3H3,(H,19,22). The zero-order chi connectivity index (χ0) is 16.9. The number of ketones is 1. The first-order valence-electron chi connectivity index (χ1n) is 7.80. The summed E-state index contributed by atoms with van der Waals surface area (Å²) >= 11 is 1.64. The summed E-state index contributed by atoms with van der Waals surface area (Å²) in [5.74, 6) is 0.852. The molecule has 0 amide bonds. The van der Waals surface area contributed by atoms with Gasteiger partial charge in [-0.2, -0.15) is 5.10 Å². The summed E-state index contributed by atoms with van der Waals surface area (Å²) in [6.07, 6.45) is 4.74. The number of carbonyl (C=O) groups is 1. The number of rotatable bonds is 2. The summed E-state index contributed by atoms with van der Waals surface area (Å²) in [5, 5.41) is 7.87. The zero-order valence-corrected chi connectivity index (χ0v) is 14.6. The van der Waals surface area contributed by atoms with Gasteiger partial charge in [0.05, 0.1) is 23.9 Å². The van der Waals surface area contributed by atoms with Gasteiger partial charge in [-0.05, 0) is 19.4 Å². The normalized spacial score (nSPS) is 15.7. The Morgan fingerprint density at radius 2 is 2.17 bits per heavy atom. The minimum Gasteiger partial charge on any atom is -0.292 e. The molecule has 1 N–H and O–H groups in total. The van der Waals surface area contributed by atoms with E-state index in [9.17, 15) is 4.79 Å². The lowest BCUT2D eigenvalue weighted by atomic mass is 9.84. The van der Waals surface area contributed by atoms with Crippen LogP contribution in [0.4, 0.5) is 0 Å². The van der Waals surface area contributed by atoms with Crippen molar-refractivity contribution in [2.45, 2.75) is 33.6 Å². The minimum absolute atomic E-state index is 0.0868. The monoisotopic (exact) mass is 339 g/mol. The summed E-state index contributed by atoms with van der Waals surface area (Å²) in [7, 11) is 0. The number of carbonyl (C=O) groups excluding carboxylic acids is 1. The predicted molar refractivity (Wildman–Crippen MR) is 91.1 cm³/mol. The highest BCUT2D eigenvalue weighted by atomic mass is 32.1. The van der Waals surface area contributed by atoms with Gasteiger partial charge in [-0.15, -0.1) is 11.3 Å². The Morgan fingerprint density at radius 3 is 2.96 bits per heavy atom. The molecule has 3 aromatic heterocycles. The predicted octanol–water partition coefficient (Wildman–Crippen LogP) is 2.99. The fourth-order valence-electron chi connectivity index (χ4n) is 2.99. The Hall–Kier alpha value is -2.41. The number of aromatic amines is 1. The Labute approximate surface area is 143 Å². The Bertz CT molecular complexity index is 940. The van der Waals surface area contributed by atoms with Crippen molar-refractivity contribution in [3.8, 4) is 11.3 Å². The molecule has 1 aliphatic carbocycles. The third-order valence-corrected chi connectivity index (χ3v) is 5.29. The van der Waals surface area contributed by atoms with Crippen LogP contribution in [0.1, 0.15) is 45.7 Å². The summed E-state index contributed by atoms with van der Waals surface area (Å²) in [5.41, 5.74) is 2.69. The van der Waals surface area contributed by atoms with Crippen LogP contribution in [0.15, 0.2) is 18.5 Å². The molecule has 7 heteroatoms. The smallest absolute Gasteiger partial charge is 0.187 e. The van der Waals surface area contributed by atoms with E-state index in [4.69, 9.17) is 4.98 Å². The van der Waals surface area contributed by atoms with Gasteiger partial charge in [-0.1, -0.05) is 13.8 Å². The minimum atomic E-state index is -0.476. The van der Waals surface area contributed by atoms with Gasteiger partial charge >= 0.3 is 0 Å². The quantitative estimate of drug-likeness (QED) is 0.776. The molecule has 24 heavy (non-hydrogen) atoms. The van der Waals surface area contributed by atoms with Gasteiger partial charge in [-0.3, -0.25) is 9.89 Å². The van der Waals surface area contributed by atoms with Crippen LogP contribution in [0.2, 0.25) is 0 Å². The third-order valence-electron chi connectivity index (χ3n) is 4.23. The van der Waals surface area contributed by atoms with Crippen molar-refractivity contribution in [3.63, 3.8) is 0 Å². The van der Waals surface area contributed by atoms with Crippen molar-refractivity contribution >= 4 is 17.1 Å². The van der Waals surface area contributed by atoms with Gasteiger partial charge < -0.3 is 0 Å². The third kappa shape index (κ3) is 2.45.